The quantitative estimate of drug-likeness (QED) is 0.476. The van der Waals surface area contributed by atoms with Gasteiger partial charge in [-0.05, 0) is 40.5 Å². The molecule has 3 aliphatic rings. The van der Waals surface area contributed by atoms with Crippen LogP contribution >= 0.6 is 15.9 Å². The van der Waals surface area contributed by atoms with Crippen molar-refractivity contribution in [3.63, 3.8) is 0 Å². The minimum absolute atomic E-state index is 0.173. The Morgan fingerprint density at radius 3 is 2.42 bits per heavy atom. The van der Waals surface area contributed by atoms with Crippen molar-refractivity contribution in [2.24, 2.45) is 0 Å². The standard InChI is InChI=1S/C17H29BrO6/c1-16(2)20-10-11(22-16)12-13(19-9-7-5-6-8-18)14-15(21-12)24-17(3,4)23-14/h11-15H,5-10H2,1-4H3/t11-,12-,13+,14-,15-/m1/s1. The predicted octanol–water partition coefficient (Wildman–Crippen LogP) is 2.96. The number of hydrogen-bond donors (Lipinski definition) is 0. The van der Waals surface area contributed by atoms with Crippen LogP contribution in [0.5, 0.6) is 0 Å². The molecule has 6 nitrogen and oxygen atoms in total. The molecular formula is C17H29BrO6. The Labute approximate surface area is 152 Å². The van der Waals surface area contributed by atoms with E-state index in [0.29, 0.717) is 13.2 Å². The second-order valence-electron chi connectivity index (χ2n) is 7.52. The van der Waals surface area contributed by atoms with Crippen molar-refractivity contribution in [1.29, 1.82) is 0 Å². The predicted molar refractivity (Wildman–Crippen MR) is 91.0 cm³/mol. The summed E-state index contributed by atoms with van der Waals surface area (Å²) in [5.74, 6) is -1.24. The third-order valence-electron chi connectivity index (χ3n) is 4.51. The number of rotatable bonds is 7. The Hall–Kier alpha value is 0.240. The van der Waals surface area contributed by atoms with Crippen LogP contribution in [0, 0.1) is 0 Å². The zero-order valence-corrected chi connectivity index (χ0v) is 16.5. The van der Waals surface area contributed by atoms with E-state index >= 15 is 0 Å². The molecule has 0 saturated carbocycles. The van der Waals surface area contributed by atoms with Gasteiger partial charge in [-0.15, -0.1) is 0 Å². The number of unbranched alkanes of at least 4 members (excludes halogenated alkanes) is 2. The first-order chi connectivity index (χ1) is 11.3. The van der Waals surface area contributed by atoms with Crippen LogP contribution in [0.15, 0.2) is 0 Å². The molecule has 0 bridgehead atoms. The molecule has 0 spiro atoms. The van der Waals surface area contributed by atoms with Gasteiger partial charge in [0.15, 0.2) is 17.9 Å². The highest BCUT2D eigenvalue weighted by molar-refractivity contribution is 9.09. The molecule has 5 atom stereocenters. The lowest BCUT2D eigenvalue weighted by Crippen LogP contribution is -2.44. The Morgan fingerprint density at radius 1 is 0.958 bits per heavy atom. The molecule has 0 radical (unpaired) electrons. The third kappa shape index (κ3) is 4.31. The zero-order chi connectivity index (χ0) is 17.4. The van der Waals surface area contributed by atoms with Gasteiger partial charge in [-0.2, -0.15) is 0 Å². The molecule has 140 valence electrons. The second kappa shape index (κ2) is 7.47. The highest BCUT2D eigenvalue weighted by Crippen LogP contribution is 2.41. The lowest BCUT2D eigenvalue weighted by atomic mass is 10.1. The maximum atomic E-state index is 6.17. The highest BCUT2D eigenvalue weighted by atomic mass is 79.9. The van der Waals surface area contributed by atoms with E-state index < -0.39 is 17.9 Å². The lowest BCUT2D eigenvalue weighted by molar-refractivity contribution is -0.236. The minimum atomic E-state index is -0.649. The first-order valence-corrected chi connectivity index (χ1v) is 9.94. The summed E-state index contributed by atoms with van der Waals surface area (Å²) in [6.45, 7) is 8.79. The van der Waals surface area contributed by atoms with E-state index in [4.69, 9.17) is 28.4 Å². The molecular weight excluding hydrogens is 380 g/mol. The fraction of sp³-hybridized carbons (Fsp3) is 1.00. The Kier molecular flexibility index (Phi) is 5.91. The van der Waals surface area contributed by atoms with Crippen molar-refractivity contribution in [3.05, 3.63) is 0 Å². The Morgan fingerprint density at radius 2 is 1.75 bits per heavy atom. The summed E-state index contributed by atoms with van der Waals surface area (Å²) < 4.78 is 35.8. The van der Waals surface area contributed by atoms with Crippen LogP contribution in [-0.4, -0.2) is 60.8 Å². The van der Waals surface area contributed by atoms with Gasteiger partial charge >= 0.3 is 0 Å². The second-order valence-corrected chi connectivity index (χ2v) is 8.31. The first kappa shape index (κ1) is 19.0. The zero-order valence-electron chi connectivity index (χ0n) is 15.0. The molecule has 0 amide bonds. The Balaban J connectivity index is 1.62. The molecule has 0 unspecified atom stereocenters. The van der Waals surface area contributed by atoms with Gasteiger partial charge in [0.05, 0.1) is 6.61 Å². The van der Waals surface area contributed by atoms with Gasteiger partial charge in [0.1, 0.15) is 24.4 Å². The van der Waals surface area contributed by atoms with Crippen LogP contribution in [0.1, 0.15) is 47.0 Å². The van der Waals surface area contributed by atoms with Crippen LogP contribution in [0.25, 0.3) is 0 Å². The van der Waals surface area contributed by atoms with Gasteiger partial charge in [-0.1, -0.05) is 22.4 Å². The molecule has 0 aromatic heterocycles. The van der Waals surface area contributed by atoms with Crippen molar-refractivity contribution in [2.75, 3.05) is 18.5 Å². The molecule has 0 N–H and O–H groups in total. The SMILES string of the molecule is CC1(C)O[C@H]2O[C@H]([C@H]3COC(C)(C)O3)[C@H](OCCCCCBr)[C@H]2O1. The van der Waals surface area contributed by atoms with Crippen molar-refractivity contribution in [2.45, 2.75) is 89.2 Å². The number of alkyl halides is 1. The van der Waals surface area contributed by atoms with Crippen LogP contribution in [0.2, 0.25) is 0 Å². The van der Waals surface area contributed by atoms with Crippen LogP contribution < -0.4 is 0 Å². The van der Waals surface area contributed by atoms with Crippen molar-refractivity contribution >= 4 is 15.9 Å². The highest BCUT2D eigenvalue weighted by Gasteiger charge is 2.58. The maximum absolute atomic E-state index is 6.17. The maximum Gasteiger partial charge on any atom is 0.190 e. The van der Waals surface area contributed by atoms with E-state index in [9.17, 15) is 0 Å². The van der Waals surface area contributed by atoms with Crippen molar-refractivity contribution in [3.8, 4) is 0 Å². The van der Waals surface area contributed by atoms with E-state index in [1.165, 1.54) is 0 Å². The molecule has 3 aliphatic heterocycles. The van der Waals surface area contributed by atoms with E-state index in [1.807, 2.05) is 27.7 Å². The molecule has 3 rings (SSSR count). The average Bonchev–Trinajstić information content (AvgIpc) is 3.09. The molecule has 0 aliphatic carbocycles. The third-order valence-corrected chi connectivity index (χ3v) is 5.07. The molecule has 3 heterocycles. The van der Waals surface area contributed by atoms with Gasteiger partial charge in [0.2, 0.25) is 0 Å². The summed E-state index contributed by atoms with van der Waals surface area (Å²) >= 11 is 3.45. The minimum Gasteiger partial charge on any atom is -0.372 e. The number of halogens is 1. The summed E-state index contributed by atoms with van der Waals surface area (Å²) in [4.78, 5) is 0. The lowest BCUT2D eigenvalue weighted by Gasteiger charge is -2.29. The van der Waals surface area contributed by atoms with Crippen LogP contribution in [-0.2, 0) is 28.4 Å². The topological polar surface area (TPSA) is 55.4 Å². The Bertz CT molecular complexity index is 429. The summed E-state index contributed by atoms with van der Waals surface area (Å²) in [5.41, 5.74) is 0. The average molecular weight is 409 g/mol. The van der Waals surface area contributed by atoms with E-state index in [-0.39, 0.29) is 24.4 Å². The van der Waals surface area contributed by atoms with Gasteiger partial charge in [0, 0.05) is 11.9 Å². The van der Waals surface area contributed by atoms with Crippen LogP contribution in [0.4, 0.5) is 0 Å². The fourth-order valence-electron chi connectivity index (χ4n) is 3.46. The van der Waals surface area contributed by atoms with E-state index in [1.54, 1.807) is 0 Å². The number of ether oxygens (including phenoxy) is 6. The molecule has 3 saturated heterocycles. The van der Waals surface area contributed by atoms with Gasteiger partial charge in [0.25, 0.3) is 0 Å². The number of fused-ring (bicyclic) bond motifs is 1. The monoisotopic (exact) mass is 408 g/mol. The summed E-state index contributed by atoms with van der Waals surface area (Å²) in [6, 6.07) is 0. The van der Waals surface area contributed by atoms with E-state index in [0.717, 1.165) is 24.6 Å². The summed E-state index contributed by atoms with van der Waals surface area (Å²) in [6.07, 6.45) is 2.05. The van der Waals surface area contributed by atoms with Gasteiger partial charge in [-0.3, -0.25) is 0 Å². The largest absolute Gasteiger partial charge is 0.372 e. The molecule has 24 heavy (non-hydrogen) atoms. The van der Waals surface area contributed by atoms with Crippen molar-refractivity contribution < 1.29 is 28.4 Å². The van der Waals surface area contributed by atoms with E-state index in [2.05, 4.69) is 15.9 Å². The summed E-state index contributed by atoms with van der Waals surface area (Å²) in [7, 11) is 0. The molecule has 7 heteroatoms. The molecule has 0 aromatic rings. The summed E-state index contributed by atoms with van der Waals surface area (Å²) in [5, 5.41) is 1.03. The van der Waals surface area contributed by atoms with Gasteiger partial charge in [-0.25, -0.2) is 0 Å². The molecule has 3 fully saturated rings. The normalized spacial score (nSPS) is 40.1. The van der Waals surface area contributed by atoms with Crippen molar-refractivity contribution in [1.82, 2.24) is 0 Å². The fourth-order valence-corrected chi connectivity index (χ4v) is 3.86. The van der Waals surface area contributed by atoms with Gasteiger partial charge < -0.3 is 28.4 Å². The smallest absolute Gasteiger partial charge is 0.190 e. The molecule has 0 aromatic carbocycles. The first-order valence-electron chi connectivity index (χ1n) is 8.82. The number of hydrogen-bond acceptors (Lipinski definition) is 6. The van der Waals surface area contributed by atoms with Crippen LogP contribution in [0.3, 0.4) is 0 Å².